The summed E-state index contributed by atoms with van der Waals surface area (Å²) in [5.74, 6) is -7.79. The molecule has 0 aliphatic rings. The summed E-state index contributed by atoms with van der Waals surface area (Å²) in [4.78, 5) is 93.2. The second kappa shape index (κ2) is 18.8. The number of nitrogens with one attached hydrogen (secondary N) is 7. The van der Waals surface area contributed by atoms with Crippen molar-refractivity contribution < 1.29 is 58.8 Å². The number of carboxylic acids is 1. The van der Waals surface area contributed by atoms with Crippen LogP contribution < -0.4 is 43.0 Å². The monoisotopic (exact) mass is 564 g/mol. The molecular formula is C19H32N8O12. The molecule has 0 heterocycles. The predicted octanol–water partition coefficient (Wildman–Crippen LogP) is -9.07. The summed E-state index contributed by atoms with van der Waals surface area (Å²) in [5.41, 5.74) is 5.06. The molecule has 0 aliphatic heterocycles. The van der Waals surface area contributed by atoms with E-state index in [0.29, 0.717) is 0 Å². The molecule has 220 valence electrons. The minimum Gasteiger partial charge on any atom is -0.480 e. The van der Waals surface area contributed by atoms with Gasteiger partial charge >= 0.3 is 5.97 Å². The lowest BCUT2D eigenvalue weighted by molar-refractivity contribution is -0.138. The quantitative estimate of drug-likeness (QED) is 0.0736. The fourth-order valence-corrected chi connectivity index (χ4v) is 2.44. The Labute approximate surface area is 220 Å². The third kappa shape index (κ3) is 14.8. The van der Waals surface area contributed by atoms with E-state index in [1.165, 1.54) is 0 Å². The maximum Gasteiger partial charge on any atom is 0.322 e. The lowest BCUT2D eigenvalue weighted by Crippen LogP contribution is -2.56. The van der Waals surface area contributed by atoms with Gasteiger partial charge in [-0.05, 0) is 0 Å². The van der Waals surface area contributed by atoms with E-state index in [1.807, 2.05) is 10.6 Å². The number of carboxylic acid groups (broad SMARTS) is 1. The van der Waals surface area contributed by atoms with Crippen molar-refractivity contribution in [3.8, 4) is 0 Å². The molecule has 20 heteroatoms. The van der Waals surface area contributed by atoms with Gasteiger partial charge in [-0.15, -0.1) is 0 Å². The highest BCUT2D eigenvalue weighted by Gasteiger charge is 2.24. The molecule has 0 unspecified atom stereocenters. The average Bonchev–Trinajstić information content (AvgIpc) is 2.91. The van der Waals surface area contributed by atoms with Gasteiger partial charge in [0.25, 0.3) is 0 Å². The summed E-state index contributed by atoms with van der Waals surface area (Å²) < 4.78 is 0. The SMILES string of the molecule is NCC(=O)NCC(=O)N[C@@H](CO)C(=O)NCC(=O)N[C@@H](CO)C(=O)NCC(=O)N[C@@H](CO)C(=O)NCC(=O)O. The van der Waals surface area contributed by atoms with Gasteiger partial charge in [0.15, 0.2) is 0 Å². The Morgan fingerprint density at radius 2 is 0.821 bits per heavy atom. The van der Waals surface area contributed by atoms with Crippen molar-refractivity contribution in [1.29, 1.82) is 0 Å². The molecule has 0 spiro atoms. The molecular weight excluding hydrogens is 532 g/mol. The first-order valence-electron chi connectivity index (χ1n) is 11.1. The average molecular weight is 565 g/mol. The second-order valence-corrected chi connectivity index (χ2v) is 7.44. The summed E-state index contributed by atoms with van der Waals surface area (Å²) in [6, 6.07) is -4.57. The van der Waals surface area contributed by atoms with Crippen molar-refractivity contribution in [2.75, 3.05) is 52.5 Å². The molecule has 0 rings (SSSR count). The first-order chi connectivity index (χ1) is 18.4. The summed E-state index contributed by atoms with van der Waals surface area (Å²) in [5, 5.41) is 50.8. The van der Waals surface area contributed by atoms with Gasteiger partial charge < -0.3 is 63.4 Å². The molecule has 0 aromatic heterocycles. The first-order valence-corrected chi connectivity index (χ1v) is 11.1. The van der Waals surface area contributed by atoms with Crippen LogP contribution in [0.15, 0.2) is 0 Å². The van der Waals surface area contributed by atoms with Crippen LogP contribution in [0.3, 0.4) is 0 Å². The van der Waals surface area contributed by atoms with Gasteiger partial charge in [0.05, 0.1) is 46.0 Å². The Hall–Kier alpha value is -4.40. The maximum absolute atomic E-state index is 12.2. The lowest BCUT2D eigenvalue weighted by atomic mass is 10.2. The standard InChI is InChI=1S/C19H32N8O12/c20-1-12(31)21-2-13(32)25-9(6-28)17(37)22-3-14(33)26-10(7-29)18(38)23-4-15(34)27-11(8-30)19(39)24-5-16(35)36/h9-11,28-30H,1-8,20H2,(H,21,31)(H,22,37)(H,23,38)(H,24,39)(H,25,32)(H,26,33)(H,27,34)(H,35,36)/t9-,10-,11-/m0/s1. The number of nitrogens with two attached hydrogens (primary N) is 1. The Balaban J connectivity index is 4.64. The Bertz CT molecular complexity index is 915. The molecule has 0 aromatic rings. The zero-order valence-corrected chi connectivity index (χ0v) is 20.5. The third-order valence-corrected chi connectivity index (χ3v) is 4.39. The molecule has 0 radical (unpaired) electrons. The number of carbonyl (C=O) groups excluding carboxylic acids is 7. The van der Waals surface area contributed by atoms with Crippen molar-refractivity contribution in [2.45, 2.75) is 18.1 Å². The lowest BCUT2D eigenvalue weighted by Gasteiger charge is -2.19. The smallest absolute Gasteiger partial charge is 0.322 e. The largest absolute Gasteiger partial charge is 0.480 e. The van der Waals surface area contributed by atoms with Gasteiger partial charge in [0, 0.05) is 0 Å². The van der Waals surface area contributed by atoms with Crippen LogP contribution in [0.4, 0.5) is 0 Å². The van der Waals surface area contributed by atoms with Gasteiger partial charge in [-0.2, -0.15) is 0 Å². The number of hydrogen-bond donors (Lipinski definition) is 12. The van der Waals surface area contributed by atoms with Crippen LogP contribution in [0, 0.1) is 0 Å². The zero-order valence-electron chi connectivity index (χ0n) is 20.5. The van der Waals surface area contributed by atoms with Crippen molar-refractivity contribution in [3.05, 3.63) is 0 Å². The number of aliphatic hydroxyl groups excluding tert-OH is 3. The Kier molecular flexibility index (Phi) is 16.7. The summed E-state index contributed by atoms with van der Waals surface area (Å²) in [6.07, 6.45) is 0. The number of amides is 7. The van der Waals surface area contributed by atoms with Gasteiger partial charge in [0.2, 0.25) is 41.4 Å². The molecule has 0 aliphatic carbocycles. The fourth-order valence-electron chi connectivity index (χ4n) is 2.44. The summed E-state index contributed by atoms with van der Waals surface area (Å²) >= 11 is 0. The second-order valence-electron chi connectivity index (χ2n) is 7.44. The van der Waals surface area contributed by atoms with E-state index in [4.69, 9.17) is 10.8 Å². The van der Waals surface area contributed by atoms with Gasteiger partial charge in [-0.25, -0.2) is 0 Å². The molecule has 7 amide bonds. The van der Waals surface area contributed by atoms with E-state index in [0.717, 1.165) is 0 Å². The molecule has 20 nitrogen and oxygen atoms in total. The van der Waals surface area contributed by atoms with E-state index in [9.17, 15) is 53.7 Å². The first kappa shape index (κ1) is 34.6. The highest BCUT2D eigenvalue weighted by atomic mass is 16.4. The van der Waals surface area contributed by atoms with Gasteiger partial charge in [-0.3, -0.25) is 38.4 Å². The highest BCUT2D eigenvalue weighted by molar-refractivity contribution is 5.95. The molecule has 0 bridgehead atoms. The number of aliphatic hydroxyl groups is 3. The number of rotatable bonds is 18. The van der Waals surface area contributed by atoms with E-state index in [2.05, 4.69) is 26.6 Å². The van der Waals surface area contributed by atoms with E-state index >= 15 is 0 Å². The predicted molar refractivity (Wildman–Crippen MR) is 126 cm³/mol. The molecule has 39 heavy (non-hydrogen) atoms. The highest BCUT2D eigenvalue weighted by Crippen LogP contribution is 1.88. The summed E-state index contributed by atoms with van der Waals surface area (Å²) in [7, 11) is 0. The number of aliphatic carboxylic acids is 1. The fraction of sp³-hybridized carbons (Fsp3) is 0.579. The van der Waals surface area contributed by atoms with Crippen molar-refractivity contribution in [3.63, 3.8) is 0 Å². The number of carbonyl (C=O) groups is 8. The van der Waals surface area contributed by atoms with Crippen molar-refractivity contribution in [1.82, 2.24) is 37.2 Å². The summed E-state index contributed by atoms with van der Waals surface area (Å²) in [6.45, 7) is -5.81. The van der Waals surface area contributed by atoms with Crippen LogP contribution in [-0.2, 0) is 38.4 Å². The number of hydrogen-bond acceptors (Lipinski definition) is 12. The van der Waals surface area contributed by atoms with E-state index in [1.54, 1.807) is 0 Å². The zero-order chi connectivity index (χ0) is 30.0. The van der Waals surface area contributed by atoms with E-state index < -0.39 is 111 Å². The van der Waals surface area contributed by atoms with E-state index in [-0.39, 0.29) is 6.54 Å². The van der Waals surface area contributed by atoms with Crippen LogP contribution in [0.2, 0.25) is 0 Å². The Morgan fingerprint density at radius 3 is 1.10 bits per heavy atom. The third-order valence-electron chi connectivity index (χ3n) is 4.39. The van der Waals surface area contributed by atoms with Crippen molar-refractivity contribution >= 4 is 47.3 Å². The topological polar surface area (TPSA) is 328 Å². The Morgan fingerprint density at radius 1 is 0.513 bits per heavy atom. The minimum atomic E-state index is -1.57. The van der Waals surface area contributed by atoms with Gasteiger partial charge in [0.1, 0.15) is 24.7 Å². The molecule has 0 saturated carbocycles. The normalized spacial score (nSPS) is 12.5. The molecule has 0 aromatic carbocycles. The van der Waals surface area contributed by atoms with Gasteiger partial charge in [-0.1, -0.05) is 0 Å². The van der Waals surface area contributed by atoms with Crippen LogP contribution in [0.1, 0.15) is 0 Å². The van der Waals surface area contributed by atoms with Crippen LogP contribution in [0.25, 0.3) is 0 Å². The van der Waals surface area contributed by atoms with Crippen LogP contribution in [-0.4, -0.2) is 138 Å². The molecule has 0 saturated heterocycles. The minimum absolute atomic E-state index is 0.370. The van der Waals surface area contributed by atoms with Crippen LogP contribution >= 0.6 is 0 Å². The maximum atomic E-state index is 12.2. The molecule has 13 N–H and O–H groups in total. The molecule has 0 fully saturated rings. The van der Waals surface area contributed by atoms with Crippen LogP contribution in [0.5, 0.6) is 0 Å². The molecule has 3 atom stereocenters. The van der Waals surface area contributed by atoms with Crippen molar-refractivity contribution in [2.24, 2.45) is 5.73 Å².